The SMILES string of the molecule is CCN[C@H](C)COC. The average molecular weight is 117 g/mol. The van der Waals surface area contributed by atoms with Gasteiger partial charge in [0.2, 0.25) is 0 Å². The van der Waals surface area contributed by atoms with Crippen LogP contribution in [0.3, 0.4) is 0 Å². The maximum atomic E-state index is 4.89. The molecule has 0 aromatic heterocycles. The summed E-state index contributed by atoms with van der Waals surface area (Å²) in [5.41, 5.74) is 0. The van der Waals surface area contributed by atoms with Gasteiger partial charge >= 0.3 is 0 Å². The fraction of sp³-hybridized carbons (Fsp3) is 1.00. The zero-order valence-electron chi connectivity index (χ0n) is 5.90. The Kier molecular flexibility index (Phi) is 5.01. The maximum Gasteiger partial charge on any atom is 0.0613 e. The molecule has 0 unspecified atom stereocenters. The topological polar surface area (TPSA) is 21.3 Å². The third kappa shape index (κ3) is 4.09. The van der Waals surface area contributed by atoms with Crippen molar-refractivity contribution < 1.29 is 4.74 Å². The fourth-order valence-electron chi connectivity index (χ4n) is 0.657. The van der Waals surface area contributed by atoms with Gasteiger partial charge in [0, 0.05) is 13.2 Å². The van der Waals surface area contributed by atoms with Crippen LogP contribution in [-0.4, -0.2) is 26.3 Å². The van der Waals surface area contributed by atoms with Crippen molar-refractivity contribution in [3.63, 3.8) is 0 Å². The summed E-state index contributed by atoms with van der Waals surface area (Å²) in [6, 6.07) is 0.491. The third-order valence-electron chi connectivity index (χ3n) is 0.969. The van der Waals surface area contributed by atoms with Crippen LogP contribution in [0, 0.1) is 0 Å². The minimum atomic E-state index is 0.491. The number of nitrogens with one attached hydrogen (secondary N) is 1. The number of ether oxygens (including phenoxy) is 1. The molecule has 0 bridgehead atoms. The van der Waals surface area contributed by atoms with Gasteiger partial charge in [0.1, 0.15) is 0 Å². The molecule has 2 nitrogen and oxygen atoms in total. The van der Waals surface area contributed by atoms with Crippen LogP contribution in [0.25, 0.3) is 0 Å². The largest absolute Gasteiger partial charge is 0.383 e. The Morgan fingerprint density at radius 2 is 2.25 bits per heavy atom. The molecule has 0 aromatic rings. The number of hydrogen-bond acceptors (Lipinski definition) is 2. The second-order valence-electron chi connectivity index (χ2n) is 1.91. The second-order valence-corrected chi connectivity index (χ2v) is 1.91. The molecule has 0 aliphatic carbocycles. The van der Waals surface area contributed by atoms with Crippen molar-refractivity contribution in [1.29, 1.82) is 0 Å². The van der Waals surface area contributed by atoms with Crippen molar-refractivity contribution in [2.75, 3.05) is 20.3 Å². The molecular formula is C6H15NO. The molecule has 0 spiro atoms. The Morgan fingerprint density at radius 3 is 2.62 bits per heavy atom. The summed E-state index contributed by atoms with van der Waals surface area (Å²) in [7, 11) is 1.72. The van der Waals surface area contributed by atoms with E-state index >= 15 is 0 Å². The van der Waals surface area contributed by atoms with Crippen LogP contribution < -0.4 is 5.32 Å². The molecule has 0 fully saturated rings. The summed E-state index contributed by atoms with van der Waals surface area (Å²) >= 11 is 0. The quantitative estimate of drug-likeness (QED) is 0.583. The average Bonchev–Trinajstić information content (AvgIpc) is 1.68. The van der Waals surface area contributed by atoms with Gasteiger partial charge in [-0.15, -0.1) is 0 Å². The Balaban J connectivity index is 2.92. The molecule has 0 saturated carbocycles. The van der Waals surface area contributed by atoms with Crippen LogP contribution in [0.15, 0.2) is 0 Å². The van der Waals surface area contributed by atoms with Gasteiger partial charge < -0.3 is 10.1 Å². The van der Waals surface area contributed by atoms with E-state index in [1.165, 1.54) is 0 Å². The highest BCUT2D eigenvalue weighted by Crippen LogP contribution is 1.78. The van der Waals surface area contributed by atoms with Crippen molar-refractivity contribution >= 4 is 0 Å². The first-order valence-corrected chi connectivity index (χ1v) is 3.03. The highest BCUT2D eigenvalue weighted by molar-refractivity contribution is 4.54. The molecule has 0 radical (unpaired) electrons. The molecule has 0 rings (SSSR count). The molecule has 50 valence electrons. The lowest BCUT2D eigenvalue weighted by Crippen LogP contribution is -2.29. The van der Waals surface area contributed by atoms with Crippen LogP contribution >= 0.6 is 0 Å². The predicted octanol–water partition coefficient (Wildman–Crippen LogP) is 0.631. The van der Waals surface area contributed by atoms with Crippen molar-refractivity contribution in [1.82, 2.24) is 5.32 Å². The lowest BCUT2D eigenvalue weighted by atomic mass is 10.4. The summed E-state index contributed by atoms with van der Waals surface area (Å²) in [5.74, 6) is 0. The Hall–Kier alpha value is -0.0800. The monoisotopic (exact) mass is 117 g/mol. The van der Waals surface area contributed by atoms with Crippen molar-refractivity contribution in [3.05, 3.63) is 0 Å². The van der Waals surface area contributed by atoms with E-state index in [1.54, 1.807) is 7.11 Å². The van der Waals surface area contributed by atoms with Crippen molar-refractivity contribution in [2.45, 2.75) is 19.9 Å². The minimum absolute atomic E-state index is 0.491. The Morgan fingerprint density at radius 1 is 1.62 bits per heavy atom. The molecule has 0 saturated heterocycles. The van der Waals surface area contributed by atoms with Crippen LogP contribution in [0.5, 0.6) is 0 Å². The van der Waals surface area contributed by atoms with Crippen LogP contribution in [-0.2, 0) is 4.74 Å². The van der Waals surface area contributed by atoms with Crippen LogP contribution in [0.1, 0.15) is 13.8 Å². The van der Waals surface area contributed by atoms with E-state index in [1.807, 2.05) is 0 Å². The van der Waals surface area contributed by atoms with E-state index in [0.717, 1.165) is 13.2 Å². The predicted molar refractivity (Wildman–Crippen MR) is 35.0 cm³/mol. The van der Waals surface area contributed by atoms with Gasteiger partial charge in [0.15, 0.2) is 0 Å². The van der Waals surface area contributed by atoms with Crippen LogP contribution in [0.2, 0.25) is 0 Å². The smallest absolute Gasteiger partial charge is 0.0613 e. The van der Waals surface area contributed by atoms with E-state index in [4.69, 9.17) is 4.74 Å². The second kappa shape index (κ2) is 5.06. The summed E-state index contributed by atoms with van der Waals surface area (Å²) in [6.07, 6.45) is 0. The molecule has 0 amide bonds. The molecule has 1 N–H and O–H groups in total. The van der Waals surface area contributed by atoms with E-state index in [9.17, 15) is 0 Å². The van der Waals surface area contributed by atoms with E-state index in [0.29, 0.717) is 6.04 Å². The summed E-state index contributed by atoms with van der Waals surface area (Å²) in [4.78, 5) is 0. The van der Waals surface area contributed by atoms with Gasteiger partial charge in [0.05, 0.1) is 6.61 Å². The molecule has 1 atom stereocenters. The number of hydrogen-bond donors (Lipinski definition) is 1. The van der Waals surface area contributed by atoms with Gasteiger partial charge in [-0.3, -0.25) is 0 Å². The molecule has 0 heterocycles. The van der Waals surface area contributed by atoms with Crippen molar-refractivity contribution in [3.8, 4) is 0 Å². The molecule has 0 aliphatic heterocycles. The summed E-state index contributed by atoms with van der Waals surface area (Å²) in [5, 5.41) is 3.22. The standard InChI is InChI=1S/C6H15NO/c1-4-7-6(2)5-8-3/h6-7H,4-5H2,1-3H3/t6-/m1/s1. The first kappa shape index (κ1) is 7.92. The van der Waals surface area contributed by atoms with Gasteiger partial charge in [-0.1, -0.05) is 6.92 Å². The maximum absolute atomic E-state index is 4.89. The molecule has 0 aliphatic rings. The molecule has 0 aromatic carbocycles. The fourth-order valence-corrected chi connectivity index (χ4v) is 0.657. The zero-order valence-corrected chi connectivity index (χ0v) is 5.90. The Bertz CT molecular complexity index is 41.8. The van der Waals surface area contributed by atoms with E-state index in [2.05, 4.69) is 19.2 Å². The van der Waals surface area contributed by atoms with Crippen LogP contribution in [0.4, 0.5) is 0 Å². The number of methoxy groups -OCH3 is 1. The van der Waals surface area contributed by atoms with Gasteiger partial charge in [-0.05, 0) is 13.5 Å². The minimum Gasteiger partial charge on any atom is -0.383 e. The van der Waals surface area contributed by atoms with E-state index < -0.39 is 0 Å². The lowest BCUT2D eigenvalue weighted by Gasteiger charge is -2.09. The third-order valence-corrected chi connectivity index (χ3v) is 0.969. The number of rotatable bonds is 4. The Labute approximate surface area is 51.2 Å². The molecular weight excluding hydrogens is 102 g/mol. The normalized spacial score (nSPS) is 13.9. The lowest BCUT2D eigenvalue weighted by molar-refractivity contribution is 0.173. The van der Waals surface area contributed by atoms with Gasteiger partial charge in [-0.2, -0.15) is 0 Å². The first-order valence-electron chi connectivity index (χ1n) is 3.03. The summed E-state index contributed by atoms with van der Waals surface area (Å²) in [6.45, 7) is 6.01. The first-order chi connectivity index (χ1) is 3.81. The highest BCUT2D eigenvalue weighted by Gasteiger charge is 1.94. The summed E-state index contributed by atoms with van der Waals surface area (Å²) < 4.78 is 4.89. The van der Waals surface area contributed by atoms with E-state index in [-0.39, 0.29) is 0 Å². The molecule has 8 heavy (non-hydrogen) atoms. The van der Waals surface area contributed by atoms with Crippen molar-refractivity contribution in [2.24, 2.45) is 0 Å². The highest BCUT2D eigenvalue weighted by atomic mass is 16.5. The number of likely N-dealkylation sites (N-methyl/N-ethyl adjacent to an activating group) is 1. The zero-order chi connectivity index (χ0) is 6.41. The van der Waals surface area contributed by atoms with Gasteiger partial charge in [-0.25, -0.2) is 0 Å². The van der Waals surface area contributed by atoms with Gasteiger partial charge in [0.25, 0.3) is 0 Å². The molecule has 2 heteroatoms.